The van der Waals surface area contributed by atoms with Crippen molar-refractivity contribution in [2.75, 3.05) is 17.2 Å². The van der Waals surface area contributed by atoms with Gasteiger partial charge in [-0.15, -0.1) is 0 Å². The van der Waals surface area contributed by atoms with Gasteiger partial charge in [0, 0.05) is 29.4 Å². The van der Waals surface area contributed by atoms with Crippen LogP contribution < -0.4 is 10.6 Å². The Bertz CT molecular complexity index is 638. The largest absolute Gasteiger partial charge is 0.385 e. The van der Waals surface area contributed by atoms with E-state index in [0.29, 0.717) is 18.0 Å². The van der Waals surface area contributed by atoms with Gasteiger partial charge in [-0.05, 0) is 48.7 Å². The molecule has 0 fully saturated rings. The molecule has 2 aromatic carbocycles. The summed E-state index contributed by atoms with van der Waals surface area (Å²) in [5.41, 5.74) is 3.99. The Kier molecular flexibility index (Phi) is 5.84. The molecule has 0 aromatic heterocycles. The first-order valence-corrected chi connectivity index (χ1v) is 7.85. The molecule has 2 N–H and O–H groups in total. The molecule has 0 atom stereocenters. The number of anilines is 2. The van der Waals surface area contributed by atoms with Crippen LogP contribution in [0, 0.1) is 6.92 Å². The molecule has 0 saturated carbocycles. The summed E-state index contributed by atoms with van der Waals surface area (Å²) in [4.78, 5) is 12.0. The molecule has 0 radical (unpaired) electrons. The van der Waals surface area contributed by atoms with E-state index in [9.17, 15) is 4.79 Å². The predicted molar refractivity (Wildman–Crippen MR) is 93.7 cm³/mol. The van der Waals surface area contributed by atoms with E-state index in [4.69, 9.17) is 11.6 Å². The van der Waals surface area contributed by atoms with Crippen LogP contribution in [-0.4, -0.2) is 12.5 Å². The van der Waals surface area contributed by atoms with Crippen LogP contribution in [0.3, 0.4) is 0 Å². The number of halogens is 1. The molecule has 116 valence electrons. The van der Waals surface area contributed by atoms with Crippen LogP contribution in [0.5, 0.6) is 0 Å². The van der Waals surface area contributed by atoms with Gasteiger partial charge in [0.05, 0.1) is 0 Å². The molecule has 0 aliphatic carbocycles. The van der Waals surface area contributed by atoms with Crippen LogP contribution in [0.25, 0.3) is 0 Å². The first kappa shape index (κ1) is 16.4. The standard InChI is InChI=1S/C18H21ClN2O/c1-3-14-7-9-15(10-8-14)20-12-11-18(22)21-17-6-4-5-16(19)13(17)2/h4-10,20H,3,11-12H2,1-2H3,(H,21,22). The Hall–Kier alpha value is -2.00. The molecular weight excluding hydrogens is 296 g/mol. The number of carbonyl (C=O) groups excluding carboxylic acids is 1. The summed E-state index contributed by atoms with van der Waals surface area (Å²) >= 11 is 6.04. The number of amides is 1. The molecule has 2 rings (SSSR count). The lowest BCUT2D eigenvalue weighted by Gasteiger charge is -2.10. The highest BCUT2D eigenvalue weighted by atomic mass is 35.5. The monoisotopic (exact) mass is 316 g/mol. The predicted octanol–water partition coefficient (Wildman–Crippen LogP) is 4.65. The third kappa shape index (κ3) is 4.50. The number of nitrogens with one attached hydrogen (secondary N) is 2. The van der Waals surface area contributed by atoms with Crippen LogP contribution in [0.4, 0.5) is 11.4 Å². The number of benzene rings is 2. The zero-order chi connectivity index (χ0) is 15.9. The fraction of sp³-hybridized carbons (Fsp3) is 0.278. The number of aryl methyl sites for hydroxylation is 1. The van der Waals surface area contributed by atoms with Gasteiger partial charge >= 0.3 is 0 Å². The van der Waals surface area contributed by atoms with Crippen molar-refractivity contribution in [2.45, 2.75) is 26.7 Å². The van der Waals surface area contributed by atoms with Crippen molar-refractivity contribution in [1.29, 1.82) is 0 Å². The third-order valence-electron chi connectivity index (χ3n) is 3.59. The van der Waals surface area contributed by atoms with Crippen molar-refractivity contribution in [3.63, 3.8) is 0 Å². The Morgan fingerprint density at radius 2 is 1.86 bits per heavy atom. The van der Waals surface area contributed by atoms with E-state index in [0.717, 1.165) is 23.4 Å². The second kappa shape index (κ2) is 7.85. The molecule has 0 aliphatic heterocycles. The van der Waals surface area contributed by atoms with Crippen molar-refractivity contribution in [2.24, 2.45) is 0 Å². The Labute approximate surface area is 136 Å². The molecule has 4 heteroatoms. The maximum absolute atomic E-state index is 12.0. The third-order valence-corrected chi connectivity index (χ3v) is 3.99. The summed E-state index contributed by atoms with van der Waals surface area (Å²) in [6.45, 7) is 4.62. The van der Waals surface area contributed by atoms with E-state index in [-0.39, 0.29) is 5.91 Å². The Morgan fingerprint density at radius 3 is 2.55 bits per heavy atom. The van der Waals surface area contributed by atoms with Gasteiger partial charge in [-0.1, -0.05) is 36.7 Å². The minimum absolute atomic E-state index is 0.0250. The van der Waals surface area contributed by atoms with Gasteiger partial charge in [0.15, 0.2) is 0 Å². The molecule has 0 saturated heterocycles. The zero-order valence-corrected chi connectivity index (χ0v) is 13.7. The van der Waals surface area contributed by atoms with Crippen LogP contribution >= 0.6 is 11.6 Å². The van der Waals surface area contributed by atoms with Crippen molar-refractivity contribution >= 4 is 28.9 Å². The molecule has 0 unspecified atom stereocenters. The second-order valence-electron chi connectivity index (χ2n) is 5.19. The highest BCUT2D eigenvalue weighted by Gasteiger charge is 2.06. The van der Waals surface area contributed by atoms with E-state index < -0.39 is 0 Å². The normalized spacial score (nSPS) is 10.3. The van der Waals surface area contributed by atoms with E-state index in [2.05, 4.69) is 29.7 Å². The lowest BCUT2D eigenvalue weighted by atomic mass is 10.1. The van der Waals surface area contributed by atoms with Gasteiger partial charge < -0.3 is 10.6 Å². The number of rotatable bonds is 6. The summed E-state index contributed by atoms with van der Waals surface area (Å²) in [5.74, 6) is -0.0250. The molecule has 2 aromatic rings. The summed E-state index contributed by atoms with van der Waals surface area (Å²) in [6, 6.07) is 13.8. The topological polar surface area (TPSA) is 41.1 Å². The van der Waals surface area contributed by atoms with E-state index >= 15 is 0 Å². The lowest BCUT2D eigenvalue weighted by Crippen LogP contribution is -2.16. The summed E-state index contributed by atoms with van der Waals surface area (Å²) in [7, 11) is 0. The smallest absolute Gasteiger partial charge is 0.226 e. The fourth-order valence-electron chi connectivity index (χ4n) is 2.13. The zero-order valence-electron chi connectivity index (χ0n) is 12.9. The summed E-state index contributed by atoms with van der Waals surface area (Å²) < 4.78 is 0. The van der Waals surface area contributed by atoms with Crippen molar-refractivity contribution < 1.29 is 4.79 Å². The lowest BCUT2D eigenvalue weighted by molar-refractivity contribution is -0.115. The van der Waals surface area contributed by atoms with Crippen LogP contribution in [0.1, 0.15) is 24.5 Å². The Morgan fingerprint density at radius 1 is 1.14 bits per heavy atom. The number of hydrogen-bond donors (Lipinski definition) is 2. The minimum atomic E-state index is -0.0250. The van der Waals surface area contributed by atoms with Crippen LogP contribution in [-0.2, 0) is 11.2 Å². The molecule has 0 bridgehead atoms. The molecule has 0 aliphatic rings. The maximum atomic E-state index is 12.0. The average Bonchev–Trinajstić information content (AvgIpc) is 2.52. The van der Waals surface area contributed by atoms with Gasteiger partial charge in [0.2, 0.25) is 5.91 Å². The molecule has 3 nitrogen and oxygen atoms in total. The van der Waals surface area contributed by atoms with Gasteiger partial charge in [-0.2, -0.15) is 0 Å². The maximum Gasteiger partial charge on any atom is 0.226 e. The number of carbonyl (C=O) groups is 1. The van der Waals surface area contributed by atoms with Crippen molar-refractivity contribution in [1.82, 2.24) is 0 Å². The summed E-state index contributed by atoms with van der Waals surface area (Å²) in [6.07, 6.45) is 1.43. The SMILES string of the molecule is CCc1ccc(NCCC(=O)Nc2cccc(Cl)c2C)cc1. The van der Waals surface area contributed by atoms with E-state index in [1.54, 1.807) is 0 Å². The number of hydrogen-bond acceptors (Lipinski definition) is 2. The van der Waals surface area contributed by atoms with Gasteiger partial charge in [-0.25, -0.2) is 0 Å². The quantitative estimate of drug-likeness (QED) is 0.814. The molecule has 0 spiro atoms. The molecular formula is C18H21ClN2O. The van der Waals surface area contributed by atoms with Gasteiger partial charge in [0.1, 0.15) is 0 Å². The van der Waals surface area contributed by atoms with Crippen molar-refractivity contribution in [3.8, 4) is 0 Å². The van der Waals surface area contributed by atoms with E-state index in [1.165, 1.54) is 5.56 Å². The van der Waals surface area contributed by atoms with Crippen LogP contribution in [0.15, 0.2) is 42.5 Å². The first-order chi connectivity index (χ1) is 10.6. The second-order valence-corrected chi connectivity index (χ2v) is 5.60. The molecule has 1 amide bonds. The van der Waals surface area contributed by atoms with Gasteiger partial charge in [-0.3, -0.25) is 4.79 Å². The average molecular weight is 317 g/mol. The van der Waals surface area contributed by atoms with Crippen LogP contribution in [0.2, 0.25) is 5.02 Å². The highest BCUT2D eigenvalue weighted by molar-refractivity contribution is 6.31. The summed E-state index contributed by atoms with van der Waals surface area (Å²) in [5, 5.41) is 6.80. The molecule has 0 heterocycles. The highest BCUT2D eigenvalue weighted by Crippen LogP contribution is 2.22. The first-order valence-electron chi connectivity index (χ1n) is 7.48. The minimum Gasteiger partial charge on any atom is -0.385 e. The Balaban J connectivity index is 1.81. The molecule has 22 heavy (non-hydrogen) atoms. The van der Waals surface area contributed by atoms with Gasteiger partial charge in [0.25, 0.3) is 0 Å². The fourth-order valence-corrected chi connectivity index (χ4v) is 2.31. The van der Waals surface area contributed by atoms with E-state index in [1.807, 2.05) is 37.3 Å². The van der Waals surface area contributed by atoms with Crippen molar-refractivity contribution in [3.05, 3.63) is 58.6 Å².